The maximum Gasteiger partial charge on any atom is 0.270 e. The Morgan fingerprint density at radius 2 is 1.90 bits per heavy atom. The number of hydrogen-bond donors (Lipinski definition) is 1. The average Bonchev–Trinajstić information content (AvgIpc) is 3.17. The molecule has 150 valence electrons. The van der Waals surface area contributed by atoms with Crippen molar-refractivity contribution in [1.82, 2.24) is 15.1 Å². The Bertz CT molecular complexity index is 1020. The van der Waals surface area contributed by atoms with Crippen molar-refractivity contribution in [2.45, 2.75) is 26.2 Å². The number of para-hydroxylation sites is 1. The lowest BCUT2D eigenvalue weighted by molar-refractivity contribution is -0.384. The van der Waals surface area contributed by atoms with E-state index in [1.54, 1.807) is 36.4 Å². The quantitative estimate of drug-likeness (QED) is 0.319. The summed E-state index contributed by atoms with van der Waals surface area (Å²) in [5, 5.41) is 18.8. The maximum absolute atomic E-state index is 12.8. The number of nitro groups is 1. The smallest absolute Gasteiger partial charge is 0.270 e. The molecule has 0 saturated heterocycles. The van der Waals surface area contributed by atoms with Crippen molar-refractivity contribution >= 4 is 23.2 Å². The minimum Gasteiger partial charge on any atom is -0.351 e. The van der Waals surface area contributed by atoms with Crippen molar-refractivity contribution in [3.8, 4) is 16.9 Å². The number of unbranched alkanes of at least 4 members (excludes halogenated alkanes) is 2. The predicted molar refractivity (Wildman–Crippen MR) is 113 cm³/mol. The lowest BCUT2D eigenvalue weighted by Crippen LogP contribution is -2.26. The first-order chi connectivity index (χ1) is 14.0. The predicted octanol–water partition coefficient (Wildman–Crippen LogP) is 5.02. The highest BCUT2D eigenvalue weighted by atomic mass is 35.5. The Kier molecular flexibility index (Phi) is 6.61. The molecule has 7 nitrogen and oxygen atoms in total. The molecule has 1 N–H and O–H groups in total. The van der Waals surface area contributed by atoms with E-state index >= 15 is 0 Å². The number of nitrogens with zero attached hydrogens (tertiary/aromatic N) is 3. The van der Waals surface area contributed by atoms with Gasteiger partial charge in [-0.3, -0.25) is 14.9 Å². The Balaban J connectivity index is 1.98. The molecule has 0 aliphatic heterocycles. The molecule has 0 unspecified atom stereocenters. The van der Waals surface area contributed by atoms with E-state index < -0.39 is 4.92 Å². The van der Waals surface area contributed by atoms with Crippen molar-refractivity contribution in [1.29, 1.82) is 0 Å². The summed E-state index contributed by atoms with van der Waals surface area (Å²) in [7, 11) is 0. The van der Waals surface area contributed by atoms with Gasteiger partial charge in [-0.05, 0) is 36.8 Å². The van der Waals surface area contributed by atoms with Crippen LogP contribution in [0.15, 0.2) is 54.6 Å². The van der Waals surface area contributed by atoms with Crippen LogP contribution in [0.1, 0.15) is 36.7 Å². The minimum atomic E-state index is -0.457. The first-order valence-corrected chi connectivity index (χ1v) is 9.77. The zero-order valence-electron chi connectivity index (χ0n) is 16.0. The van der Waals surface area contributed by atoms with Crippen molar-refractivity contribution in [3.63, 3.8) is 0 Å². The van der Waals surface area contributed by atoms with Gasteiger partial charge in [-0.1, -0.05) is 43.5 Å². The Hall–Kier alpha value is -3.19. The fourth-order valence-electron chi connectivity index (χ4n) is 2.91. The molecule has 0 aliphatic rings. The van der Waals surface area contributed by atoms with Gasteiger partial charge in [0.15, 0.2) is 0 Å². The largest absolute Gasteiger partial charge is 0.351 e. The average molecular weight is 413 g/mol. The van der Waals surface area contributed by atoms with Crippen LogP contribution in [0.3, 0.4) is 0 Å². The van der Waals surface area contributed by atoms with Gasteiger partial charge < -0.3 is 5.32 Å². The fraction of sp³-hybridized carbons (Fsp3) is 0.238. The topological polar surface area (TPSA) is 90.1 Å². The number of amides is 1. The van der Waals surface area contributed by atoms with E-state index in [0.717, 1.165) is 19.3 Å². The van der Waals surface area contributed by atoms with E-state index in [2.05, 4.69) is 17.3 Å². The summed E-state index contributed by atoms with van der Waals surface area (Å²) in [6.07, 6.45) is 3.01. The maximum atomic E-state index is 12.8. The van der Waals surface area contributed by atoms with Crippen LogP contribution in [0.25, 0.3) is 16.9 Å². The summed E-state index contributed by atoms with van der Waals surface area (Å²) >= 11 is 6.32. The van der Waals surface area contributed by atoms with Gasteiger partial charge in [-0.15, -0.1) is 0 Å². The molecule has 3 aromatic rings. The number of halogens is 1. The second-order valence-electron chi connectivity index (χ2n) is 6.55. The van der Waals surface area contributed by atoms with Gasteiger partial charge >= 0.3 is 0 Å². The van der Waals surface area contributed by atoms with Crippen LogP contribution >= 0.6 is 11.6 Å². The van der Waals surface area contributed by atoms with Gasteiger partial charge in [-0.25, -0.2) is 4.68 Å². The number of rotatable bonds is 8. The monoisotopic (exact) mass is 412 g/mol. The number of aromatic nitrogens is 2. The van der Waals surface area contributed by atoms with Crippen molar-refractivity contribution < 1.29 is 9.72 Å². The molecule has 8 heteroatoms. The van der Waals surface area contributed by atoms with Crippen LogP contribution in [-0.2, 0) is 0 Å². The SMILES string of the molecule is CCCCCNC(=O)c1cc(-c2ccc([N+](=O)[O-])cc2)nn1-c1ccccc1Cl. The molecular formula is C21H21ClN4O3. The summed E-state index contributed by atoms with van der Waals surface area (Å²) in [6.45, 7) is 2.68. The first-order valence-electron chi connectivity index (χ1n) is 9.39. The molecule has 3 rings (SSSR count). The molecule has 0 atom stereocenters. The van der Waals surface area contributed by atoms with Gasteiger partial charge in [-0.2, -0.15) is 5.10 Å². The summed E-state index contributed by atoms with van der Waals surface area (Å²) in [5.74, 6) is -0.248. The summed E-state index contributed by atoms with van der Waals surface area (Å²) in [4.78, 5) is 23.2. The highest BCUT2D eigenvalue weighted by molar-refractivity contribution is 6.32. The molecule has 29 heavy (non-hydrogen) atoms. The zero-order chi connectivity index (χ0) is 20.8. The van der Waals surface area contributed by atoms with Crippen LogP contribution in [0.5, 0.6) is 0 Å². The van der Waals surface area contributed by atoms with Crippen LogP contribution in [-0.4, -0.2) is 27.2 Å². The third-order valence-electron chi connectivity index (χ3n) is 4.46. The van der Waals surface area contributed by atoms with E-state index in [1.165, 1.54) is 16.8 Å². The van der Waals surface area contributed by atoms with Crippen LogP contribution in [0.4, 0.5) is 5.69 Å². The van der Waals surface area contributed by atoms with Crippen molar-refractivity contribution in [3.05, 3.63) is 75.4 Å². The Labute approximate surface area is 173 Å². The van der Waals surface area contributed by atoms with Crippen molar-refractivity contribution in [2.75, 3.05) is 6.54 Å². The molecule has 0 bridgehead atoms. The molecule has 2 aromatic carbocycles. The highest BCUT2D eigenvalue weighted by Crippen LogP contribution is 2.26. The molecule has 0 radical (unpaired) electrons. The van der Waals surface area contributed by atoms with Crippen molar-refractivity contribution in [2.24, 2.45) is 0 Å². The number of nitro benzene ring substituents is 1. The molecule has 0 fully saturated rings. The Morgan fingerprint density at radius 3 is 2.55 bits per heavy atom. The molecule has 1 aromatic heterocycles. The number of hydrogen-bond acceptors (Lipinski definition) is 4. The minimum absolute atomic E-state index is 0.00632. The van der Waals surface area contributed by atoms with Gasteiger partial charge in [0.25, 0.3) is 11.6 Å². The number of carbonyl (C=O) groups is 1. The van der Waals surface area contributed by atoms with Gasteiger partial charge in [0.05, 0.1) is 21.3 Å². The molecule has 1 heterocycles. The zero-order valence-corrected chi connectivity index (χ0v) is 16.7. The summed E-state index contributed by atoms with van der Waals surface area (Å²) < 4.78 is 1.51. The second kappa shape index (κ2) is 9.34. The third-order valence-corrected chi connectivity index (χ3v) is 4.78. The second-order valence-corrected chi connectivity index (χ2v) is 6.95. The molecule has 0 saturated carbocycles. The van der Waals surface area contributed by atoms with Crippen LogP contribution < -0.4 is 5.32 Å². The number of nitrogens with one attached hydrogen (secondary N) is 1. The number of benzene rings is 2. The molecular weight excluding hydrogens is 392 g/mol. The van der Waals surface area contributed by atoms with Crippen LogP contribution in [0, 0.1) is 10.1 Å². The van der Waals surface area contributed by atoms with Gasteiger partial charge in [0, 0.05) is 24.2 Å². The van der Waals surface area contributed by atoms with Crippen LogP contribution in [0.2, 0.25) is 5.02 Å². The lowest BCUT2D eigenvalue weighted by atomic mass is 10.1. The third kappa shape index (κ3) is 4.81. The Morgan fingerprint density at radius 1 is 1.17 bits per heavy atom. The van der Waals surface area contributed by atoms with Gasteiger partial charge in [0.1, 0.15) is 5.69 Å². The number of non-ortho nitro benzene ring substituents is 1. The van der Waals surface area contributed by atoms with E-state index in [9.17, 15) is 14.9 Å². The highest BCUT2D eigenvalue weighted by Gasteiger charge is 2.19. The summed E-state index contributed by atoms with van der Waals surface area (Å²) in [6, 6.07) is 14.8. The van der Waals surface area contributed by atoms with Gasteiger partial charge in [0.2, 0.25) is 0 Å². The first kappa shape index (κ1) is 20.5. The van der Waals surface area contributed by atoms with E-state index in [0.29, 0.717) is 34.2 Å². The van der Waals surface area contributed by atoms with E-state index in [-0.39, 0.29) is 11.6 Å². The van der Waals surface area contributed by atoms with E-state index in [4.69, 9.17) is 11.6 Å². The molecule has 1 amide bonds. The normalized spacial score (nSPS) is 10.7. The van der Waals surface area contributed by atoms with E-state index in [1.807, 2.05) is 6.07 Å². The lowest BCUT2D eigenvalue weighted by Gasteiger charge is -2.09. The fourth-order valence-corrected chi connectivity index (χ4v) is 3.13. The molecule has 0 spiro atoms. The summed E-state index contributed by atoms with van der Waals surface area (Å²) in [5.41, 5.74) is 2.12. The number of carbonyl (C=O) groups excluding carboxylic acids is 1. The standard InChI is InChI=1S/C21H21ClN4O3/c1-2-3-6-13-23-21(27)20-14-18(15-9-11-16(12-10-15)26(28)29)24-25(20)19-8-5-4-7-17(19)22/h4-5,7-12,14H,2-3,6,13H2,1H3,(H,23,27). The molecule has 0 aliphatic carbocycles.